The number of hydrogen-bond donors (Lipinski definition) is 1. The third-order valence-electron chi connectivity index (χ3n) is 0.696. The van der Waals surface area contributed by atoms with Gasteiger partial charge in [-0.2, -0.15) is 0 Å². The van der Waals surface area contributed by atoms with Gasteiger partial charge in [-0.3, -0.25) is 0 Å². The van der Waals surface area contributed by atoms with E-state index >= 15 is 0 Å². The highest BCUT2D eigenvalue weighted by atomic mass is 127. The molecule has 0 amide bonds. The van der Waals surface area contributed by atoms with Crippen molar-refractivity contribution >= 4 is 37.3 Å². The molecule has 0 rings (SSSR count). The molecule has 0 heterocycles. The van der Waals surface area contributed by atoms with Crippen LogP contribution in [-0.2, 0) is 0 Å². The maximum Gasteiger partial charge on any atom is 0.0520 e. The lowest BCUT2D eigenvalue weighted by molar-refractivity contribution is 1.04. The average molecular weight is 229 g/mol. The Morgan fingerprint density at radius 3 is 2.43 bits per heavy atom. The number of rotatable bonds is 2. The molecule has 2 unspecified atom stereocenters. The molecule has 42 valence electrons. The lowest BCUT2D eigenvalue weighted by atomic mass is 10.4. The molecule has 0 aliphatic rings. The van der Waals surface area contributed by atoms with Gasteiger partial charge in [-0.15, -0.1) is 0 Å². The van der Waals surface area contributed by atoms with E-state index in [1.54, 1.807) is 0 Å². The van der Waals surface area contributed by atoms with Gasteiger partial charge < -0.3 is 5.41 Å². The first-order chi connectivity index (χ1) is 3.18. The third-order valence-corrected chi connectivity index (χ3v) is 3.33. The second kappa shape index (κ2) is 3.79. The van der Waals surface area contributed by atoms with Gasteiger partial charge in [-0.05, 0) is 6.42 Å². The van der Waals surface area contributed by atoms with Crippen LogP contribution < -0.4 is 0 Å². The van der Waals surface area contributed by atoms with Crippen LogP contribution >= 0.6 is 31.8 Å². The fraction of sp³-hybridized carbons (Fsp3) is 0.750. The molecule has 0 aliphatic heterocycles. The maximum absolute atomic E-state index is 7.06. The number of hydrogen-bond acceptors (Lipinski definition) is 1. The molecule has 0 saturated carbocycles. The van der Waals surface area contributed by atoms with E-state index in [4.69, 9.17) is 5.41 Å². The van der Waals surface area contributed by atoms with Crippen LogP contribution in [0.1, 0.15) is 13.3 Å². The zero-order valence-corrected chi connectivity index (χ0v) is 7.55. The van der Waals surface area contributed by atoms with Crippen LogP contribution in [0.4, 0.5) is 0 Å². The predicted molar refractivity (Wildman–Crippen MR) is 45.5 cm³/mol. The first-order valence-electron chi connectivity index (χ1n) is 2.16. The van der Waals surface area contributed by atoms with Gasteiger partial charge in [0.05, 0.1) is 3.92 Å². The van der Waals surface area contributed by atoms with Crippen LogP contribution in [0.15, 0.2) is 0 Å². The minimum atomic E-state index is 0.419. The Balaban J connectivity index is 3.34. The molecule has 3 heteroatoms. The van der Waals surface area contributed by atoms with Crippen molar-refractivity contribution in [1.82, 2.24) is 0 Å². The second-order valence-corrected chi connectivity index (χ2v) is 3.46. The van der Waals surface area contributed by atoms with E-state index in [1.807, 2.05) is 0 Å². The van der Waals surface area contributed by atoms with Crippen LogP contribution in [-0.4, -0.2) is 9.38 Å². The third kappa shape index (κ3) is 3.42. The lowest BCUT2D eigenvalue weighted by Crippen LogP contribution is -2.01. The number of halogens is 1. The topological polar surface area (TPSA) is 23.9 Å². The minimum Gasteiger partial charge on any atom is -0.304 e. The SMILES string of the molecule is CCC(I)C(=N)P. The summed E-state index contributed by atoms with van der Waals surface area (Å²) in [6, 6.07) is 0. The van der Waals surface area contributed by atoms with Crippen molar-refractivity contribution in [2.75, 3.05) is 0 Å². The Morgan fingerprint density at radius 1 is 2.00 bits per heavy atom. The summed E-state index contributed by atoms with van der Waals surface area (Å²) in [4.78, 5) is 0. The van der Waals surface area contributed by atoms with Gasteiger partial charge in [0.1, 0.15) is 0 Å². The summed E-state index contributed by atoms with van der Waals surface area (Å²) in [7, 11) is 2.39. The van der Waals surface area contributed by atoms with Crippen molar-refractivity contribution in [1.29, 1.82) is 5.41 Å². The molecular weight excluding hydrogens is 220 g/mol. The molecule has 1 N–H and O–H groups in total. The van der Waals surface area contributed by atoms with Gasteiger partial charge in [0.2, 0.25) is 0 Å². The molecule has 0 saturated heterocycles. The first-order valence-corrected chi connectivity index (χ1v) is 3.98. The van der Waals surface area contributed by atoms with Crippen LogP contribution in [0, 0.1) is 5.41 Å². The molecule has 0 aromatic rings. The standard InChI is InChI=1S/C4H9INP/c1-2-3(5)4(6)7/h3,6H,2,7H2,1H3. The summed E-state index contributed by atoms with van der Waals surface area (Å²) in [5, 5.41) is 7.06. The van der Waals surface area contributed by atoms with E-state index in [2.05, 4.69) is 38.8 Å². The van der Waals surface area contributed by atoms with Gasteiger partial charge in [0, 0.05) is 5.45 Å². The fourth-order valence-electron chi connectivity index (χ4n) is 0.220. The molecule has 0 fully saturated rings. The van der Waals surface area contributed by atoms with Crippen LogP contribution in [0.3, 0.4) is 0 Å². The molecule has 0 aromatic heterocycles. The van der Waals surface area contributed by atoms with Crippen molar-refractivity contribution in [2.45, 2.75) is 17.3 Å². The van der Waals surface area contributed by atoms with Crippen LogP contribution in [0.5, 0.6) is 0 Å². The van der Waals surface area contributed by atoms with Crippen molar-refractivity contribution in [3.63, 3.8) is 0 Å². The van der Waals surface area contributed by atoms with Crippen molar-refractivity contribution < 1.29 is 0 Å². The molecule has 2 atom stereocenters. The Morgan fingerprint density at radius 2 is 2.43 bits per heavy atom. The maximum atomic E-state index is 7.06. The van der Waals surface area contributed by atoms with Crippen LogP contribution in [0.25, 0.3) is 0 Å². The molecule has 7 heavy (non-hydrogen) atoms. The van der Waals surface area contributed by atoms with E-state index in [0.29, 0.717) is 9.38 Å². The van der Waals surface area contributed by atoms with E-state index in [1.165, 1.54) is 0 Å². The smallest absolute Gasteiger partial charge is 0.0520 e. The molecule has 1 nitrogen and oxygen atoms in total. The summed E-state index contributed by atoms with van der Waals surface area (Å²) in [6.45, 7) is 2.08. The quantitative estimate of drug-likeness (QED) is 0.324. The lowest BCUT2D eigenvalue weighted by Gasteiger charge is -1.99. The monoisotopic (exact) mass is 229 g/mol. The Bertz CT molecular complexity index is 74.1. The predicted octanol–water partition coefficient (Wildman–Crippen LogP) is 2.05. The largest absolute Gasteiger partial charge is 0.304 e. The van der Waals surface area contributed by atoms with Crippen molar-refractivity contribution in [3.8, 4) is 0 Å². The Hall–Kier alpha value is 0.830. The molecule has 0 spiro atoms. The summed E-state index contributed by atoms with van der Waals surface area (Å²) in [6.07, 6.45) is 1.06. The Labute approximate surface area is 60.1 Å². The summed E-state index contributed by atoms with van der Waals surface area (Å²) < 4.78 is 0.419. The molecule has 0 bridgehead atoms. The molecule has 0 aliphatic carbocycles. The summed E-state index contributed by atoms with van der Waals surface area (Å²) >= 11 is 2.25. The zero-order valence-electron chi connectivity index (χ0n) is 4.24. The highest BCUT2D eigenvalue weighted by Gasteiger charge is 1.99. The van der Waals surface area contributed by atoms with E-state index < -0.39 is 0 Å². The highest BCUT2D eigenvalue weighted by Crippen LogP contribution is 2.09. The zero-order chi connectivity index (χ0) is 5.86. The normalized spacial score (nSPS) is 13.6. The first kappa shape index (κ1) is 7.83. The fourth-order valence-corrected chi connectivity index (χ4v) is 0.456. The summed E-state index contributed by atoms with van der Waals surface area (Å²) in [5.74, 6) is 0. The molecular formula is C4H9INP. The number of alkyl halides is 1. The van der Waals surface area contributed by atoms with E-state index in [9.17, 15) is 0 Å². The number of nitrogens with one attached hydrogen (secondary N) is 1. The van der Waals surface area contributed by atoms with Crippen molar-refractivity contribution in [3.05, 3.63) is 0 Å². The minimum absolute atomic E-state index is 0.419. The van der Waals surface area contributed by atoms with E-state index in [-0.39, 0.29) is 0 Å². The van der Waals surface area contributed by atoms with Gasteiger partial charge in [0.15, 0.2) is 0 Å². The van der Waals surface area contributed by atoms with E-state index in [0.717, 1.165) is 6.42 Å². The highest BCUT2D eigenvalue weighted by molar-refractivity contribution is 14.1. The Kier molecular flexibility index (Phi) is 4.24. The van der Waals surface area contributed by atoms with Gasteiger partial charge in [-0.1, -0.05) is 38.8 Å². The average Bonchev–Trinajstić information content (AvgIpc) is 1.65. The summed E-state index contributed by atoms with van der Waals surface area (Å²) in [5.41, 5.74) is 0.697. The van der Waals surface area contributed by atoms with Gasteiger partial charge >= 0.3 is 0 Å². The van der Waals surface area contributed by atoms with Crippen LogP contribution in [0.2, 0.25) is 0 Å². The molecule has 0 radical (unpaired) electrons. The molecule has 0 aromatic carbocycles. The van der Waals surface area contributed by atoms with Gasteiger partial charge in [-0.25, -0.2) is 0 Å². The van der Waals surface area contributed by atoms with Gasteiger partial charge in [0.25, 0.3) is 0 Å². The second-order valence-electron chi connectivity index (χ2n) is 1.33. The van der Waals surface area contributed by atoms with Crippen molar-refractivity contribution in [2.24, 2.45) is 0 Å².